The lowest BCUT2D eigenvalue weighted by atomic mass is 9.92. The minimum Gasteiger partial charge on any atom is -0.358 e. The van der Waals surface area contributed by atoms with Gasteiger partial charge in [0.25, 0.3) is 0 Å². The maximum Gasteiger partial charge on any atom is 0.250 e. The van der Waals surface area contributed by atoms with Gasteiger partial charge in [0, 0.05) is 40.1 Å². The number of halogens is 8. The van der Waals surface area contributed by atoms with Crippen molar-refractivity contribution >= 4 is 103 Å². The van der Waals surface area contributed by atoms with Crippen molar-refractivity contribution in [2.75, 3.05) is 0 Å². The van der Waals surface area contributed by atoms with E-state index in [2.05, 4.69) is 55.8 Å². The Morgan fingerprint density at radius 1 is 0.467 bits per heavy atom. The minimum atomic E-state index is -0.816. The van der Waals surface area contributed by atoms with Gasteiger partial charge in [0.15, 0.2) is 0 Å². The molecule has 60 heavy (non-hydrogen) atoms. The van der Waals surface area contributed by atoms with E-state index >= 15 is 0 Å². The van der Waals surface area contributed by atoms with E-state index in [-0.39, 0.29) is 36.3 Å². The molecule has 0 aliphatic carbocycles. The van der Waals surface area contributed by atoms with Gasteiger partial charge in [-0.1, -0.05) is 107 Å². The van der Waals surface area contributed by atoms with Crippen molar-refractivity contribution in [3.8, 4) is 0 Å². The van der Waals surface area contributed by atoms with Gasteiger partial charge in [0.05, 0.1) is 12.1 Å². The first-order valence-electron chi connectivity index (χ1n) is 18.6. The van der Waals surface area contributed by atoms with Gasteiger partial charge in [-0.25, -0.2) is 8.78 Å². The van der Waals surface area contributed by atoms with Crippen LogP contribution in [0.2, 0.25) is 20.1 Å². The fourth-order valence-electron chi connectivity index (χ4n) is 7.04. The number of rotatable bonds is 8. The summed E-state index contributed by atoms with van der Waals surface area (Å²) in [5.41, 5.74) is 4.35. The van der Waals surface area contributed by atoms with Crippen molar-refractivity contribution in [2.45, 2.75) is 49.3 Å². The summed E-state index contributed by atoms with van der Waals surface area (Å²) in [6.07, 6.45) is -2.26. The summed E-state index contributed by atoms with van der Waals surface area (Å²) in [6, 6.07) is 38.2. The van der Waals surface area contributed by atoms with Gasteiger partial charge in [-0.05, 0) is 151 Å². The number of carbonyl (C=O) groups is 2. The van der Waals surface area contributed by atoms with E-state index in [0.717, 1.165) is 29.4 Å². The predicted octanol–water partition coefficient (Wildman–Crippen LogP) is 12.6. The predicted molar refractivity (Wildman–Crippen MR) is 248 cm³/mol. The van der Waals surface area contributed by atoms with Gasteiger partial charge in [-0.3, -0.25) is 9.59 Å². The monoisotopic (exact) mass is 1110 g/mol. The van der Waals surface area contributed by atoms with Crippen molar-refractivity contribution in [3.05, 3.63) is 206 Å². The number of nitrogens with one attached hydrogen (secondary N) is 2. The number of carbonyl (C=O) groups excluding carboxylic acids is 2. The molecule has 2 saturated heterocycles. The maximum absolute atomic E-state index is 14.4. The van der Waals surface area contributed by atoms with Crippen LogP contribution in [0.3, 0.4) is 0 Å². The van der Waals surface area contributed by atoms with E-state index in [1.807, 2.05) is 60.7 Å². The van der Waals surface area contributed by atoms with Crippen LogP contribution < -0.4 is 10.6 Å². The summed E-state index contributed by atoms with van der Waals surface area (Å²) in [6.45, 7) is 0. The lowest BCUT2D eigenvalue weighted by molar-refractivity contribution is -0.151. The van der Waals surface area contributed by atoms with Gasteiger partial charge >= 0.3 is 0 Å². The Kier molecular flexibility index (Phi) is 15.1. The van der Waals surface area contributed by atoms with Crippen molar-refractivity contribution in [1.82, 2.24) is 10.6 Å². The van der Waals surface area contributed by atoms with Crippen LogP contribution in [-0.2, 0) is 31.9 Å². The van der Waals surface area contributed by atoms with Crippen LogP contribution in [0.25, 0.3) is 0 Å². The van der Waals surface area contributed by atoms with E-state index < -0.39 is 36.5 Å². The number of ether oxygens (including phenoxy) is 2. The highest BCUT2D eigenvalue weighted by Crippen LogP contribution is 2.39. The van der Waals surface area contributed by atoms with Crippen LogP contribution >= 0.6 is 91.6 Å². The second-order valence-electron chi connectivity index (χ2n) is 14.1. The maximum atomic E-state index is 14.4. The number of hydrogen-bond donors (Lipinski definition) is 2. The molecule has 2 fully saturated rings. The average molecular weight is 1110 g/mol. The molecule has 2 amide bonds. The number of benzene rings is 6. The second kappa shape index (κ2) is 20.2. The van der Waals surface area contributed by atoms with Crippen LogP contribution in [-0.4, -0.2) is 24.0 Å². The molecule has 14 heteroatoms. The van der Waals surface area contributed by atoms with Gasteiger partial charge in [-0.15, -0.1) is 0 Å². The highest BCUT2D eigenvalue weighted by Gasteiger charge is 2.40. The second-order valence-corrected chi connectivity index (χ2v) is 18.4. The molecule has 0 saturated carbocycles. The van der Waals surface area contributed by atoms with Gasteiger partial charge < -0.3 is 20.1 Å². The third-order valence-electron chi connectivity index (χ3n) is 10.1. The Morgan fingerprint density at radius 3 is 1.07 bits per heavy atom. The molecule has 6 aromatic rings. The topological polar surface area (TPSA) is 76.7 Å². The molecule has 2 aliphatic rings. The summed E-state index contributed by atoms with van der Waals surface area (Å²) >= 11 is 28.2. The summed E-state index contributed by atoms with van der Waals surface area (Å²) in [7, 11) is 0. The Morgan fingerprint density at radius 2 is 0.767 bits per heavy atom. The van der Waals surface area contributed by atoms with Crippen molar-refractivity contribution in [1.29, 1.82) is 0 Å². The van der Waals surface area contributed by atoms with Gasteiger partial charge in [0.1, 0.15) is 36.1 Å². The van der Waals surface area contributed by atoms with Crippen molar-refractivity contribution in [3.63, 3.8) is 0 Å². The van der Waals surface area contributed by atoms with Crippen LogP contribution in [0.15, 0.2) is 133 Å². The fraction of sp³-hybridized carbons (Fsp3) is 0.174. The summed E-state index contributed by atoms with van der Waals surface area (Å²) < 4.78 is 42.8. The zero-order valence-corrected chi connectivity index (χ0v) is 38.6. The molecule has 0 spiro atoms. The highest BCUT2D eigenvalue weighted by molar-refractivity contribution is 14.1. The summed E-state index contributed by atoms with van der Waals surface area (Å²) in [5, 5.41) is 8.54. The first kappa shape index (κ1) is 44.7. The molecule has 2 N–H and O–H groups in total. The lowest BCUT2D eigenvalue weighted by Crippen LogP contribution is -2.48. The molecule has 0 aromatic heterocycles. The van der Waals surface area contributed by atoms with E-state index in [0.29, 0.717) is 31.2 Å². The molecule has 6 atom stereocenters. The van der Waals surface area contributed by atoms with Gasteiger partial charge in [-0.2, -0.15) is 0 Å². The van der Waals surface area contributed by atoms with Crippen LogP contribution in [0.5, 0.6) is 0 Å². The molecular weight excluding hydrogens is 1080 g/mol. The Bertz CT molecular complexity index is 2290. The highest BCUT2D eigenvalue weighted by atomic mass is 127. The molecule has 308 valence electrons. The zero-order chi connectivity index (χ0) is 42.5. The Balaban J connectivity index is 0.000000181. The molecular formula is C46H34Cl4F2I2N2O4. The van der Waals surface area contributed by atoms with Crippen LogP contribution in [0, 0.1) is 18.8 Å². The third kappa shape index (κ3) is 11.2. The van der Waals surface area contributed by atoms with E-state index in [9.17, 15) is 18.4 Å². The number of amides is 2. The van der Waals surface area contributed by atoms with Crippen molar-refractivity contribution in [2.24, 2.45) is 0 Å². The number of hydrogen-bond acceptors (Lipinski definition) is 4. The molecule has 0 unspecified atom stereocenters. The van der Waals surface area contributed by atoms with Gasteiger partial charge in [0.2, 0.25) is 11.8 Å². The van der Waals surface area contributed by atoms with E-state index in [1.54, 1.807) is 60.7 Å². The molecule has 2 heterocycles. The lowest BCUT2D eigenvalue weighted by Gasteiger charge is -2.37. The molecule has 8 rings (SSSR count). The van der Waals surface area contributed by atoms with Crippen LogP contribution in [0.4, 0.5) is 8.78 Å². The summed E-state index contributed by atoms with van der Waals surface area (Å²) in [5.74, 6) is -1.25. The SMILES string of the molecule is O=C1N[C@@H](c2ccc(Cl)cc2)[C@@H](c2ccc(Cl)cc2)O[C@@H]1Cc1ccc(I)cc1F.O=C1N[C@H](c2ccc(Cl)cc2)[C@H](c2ccc(Cl)cc2)O[C@H]1Cc1ccc(I)cc1F. The fourth-order valence-corrected chi connectivity index (χ4v) is 8.45. The third-order valence-corrected chi connectivity index (χ3v) is 12.5. The molecule has 6 aromatic carbocycles. The van der Waals surface area contributed by atoms with Crippen molar-refractivity contribution < 1.29 is 27.8 Å². The van der Waals surface area contributed by atoms with Crippen LogP contribution in [0.1, 0.15) is 57.7 Å². The smallest absolute Gasteiger partial charge is 0.250 e. The van der Waals surface area contributed by atoms with E-state index in [4.69, 9.17) is 55.9 Å². The standard InChI is InChI=1S/2C23H17Cl2FINO2/c2*24-16-6-1-13(2-7-16)21-22(14-3-8-17(25)9-4-14)30-20(23(29)28-21)11-15-5-10-18(27)12-19(15)26/h2*1-10,12,20-22H,11H2,(H,28,29)/t2*20-,21+,22-/m10/s1. The largest absolute Gasteiger partial charge is 0.358 e. The molecule has 2 aliphatic heterocycles. The Hall–Kier alpha value is -3.34. The average Bonchev–Trinajstić information content (AvgIpc) is 3.22. The molecule has 6 nitrogen and oxygen atoms in total. The summed E-state index contributed by atoms with van der Waals surface area (Å²) in [4.78, 5) is 25.7. The quantitative estimate of drug-likeness (QED) is 0.149. The molecule has 0 bridgehead atoms. The van der Waals surface area contributed by atoms with E-state index in [1.165, 1.54) is 12.1 Å². The normalized spacial score (nSPS) is 21.3. The molecule has 0 radical (unpaired) electrons. The first-order valence-corrected chi connectivity index (χ1v) is 22.3. The zero-order valence-electron chi connectivity index (χ0n) is 31.2. The minimum absolute atomic E-state index is 0.145. The first-order chi connectivity index (χ1) is 28.8. The Labute approximate surface area is 393 Å². The number of morpholine rings is 2.